The summed E-state index contributed by atoms with van der Waals surface area (Å²) in [6.45, 7) is 2.47. The molecule has 1 N–H and O–H groups in total. The Labute approximate surface area is 118 Å². The molecule has 4 heteroatoms. The van der Waals surface area contributed by atoms with Crippen LogP contribution < -0.4 is 0 Å². The van der Waals surface area contributed by atoms with E-state index in [1.54, 1.807) is 7.11 Å². The number of rotatable bonds is 3. The molecule has 0 radical (unpaired) electrons. The van der Waals surface area contributed by atoms with E-state index in [0.29, 0.717) is 5.92 Å². The number of H-pyrrole nitrogens is 1. The minimum absolute atomic E-state index is 0.143. The second-order valence-corrected chi connectivity index (χ2v) is 5.47. The van der Waals surface area contributed by atoms with Gasteiger partial charge in [0.15, 0.2) is 0 Å². The zero-order chi connectivity index (χ0) is 13.9. The predicted molar refractivity (Wildman–Crippen MR) is 78.8 cm³/mol. The Kier molecular flexibility index (Phi) is 3.74. The van der Waals surface area contributed by atoms with Crippen LogP contribution in [0.25, 0.3) is 10.9 Å². The fourth-order valence-electron chi connectivity index (χ4n) is 2.91. The molecule has 0 bridgehead atoms. The Bertz CT molecular complexity index is 597. The lowest BCUT2D eigenvalue weighted by molar-refractivity contribution is 0.0614. The molecule has 1 fully saturated rings. The summed E-state index contributed by atoms with van der Waals surface area (Å²) in [5.41, 5.74) is 1.85. The van der Waals surface area contributed by atoms with Gasteiger partial charge in [0.25, 0.3) is 5.91 Å². The molecule has 2 aromatic rings. The van der Waals surface area contributed by atoms with Gasteiger partial charge in [0, 0.05) is 49.5 Å². The SMILES string of the molecule is COCC1CCN(C(=O)c2ccc3[nH]ccc3c2)CC1. The van der Waals surface area contributed by atoms with Gasteiger partial charge in [0.05, 0.1) is 0 Å². The molecule has 4 nitrogen and oxygen atoms in total. The third-order valence-corrected chi connectivity index (χ3v) is 4.10. The molecular weight excluding hydrogens is 252 g/mol. The molecule has 106 valence electrons. The van der Waals surface area contributed by atoms with Gasteiger partial charge in [-0.3, -0.25) is 4.79 Å². The van der Waals surface area contributed by atoms with Crippen molar-refractivity contribution < 1.29 is 9.53 Å². The van der Waals surface area contributed by atoms with Crippen molar-refractivity contribution in [3.05, 3.63) is 36.0 Å². The van der Waals surface area contributed by atoms with Crippen LogP contribution in [0, 0.1) is 5.92 Å². The van der Waals surface area contributed by atoms with Crippen molar-refractivity contribution in [3.8, 4) is 0 Å². The maximum atomic E-state index is 12.5. The third-order valence-electron chi connectivity index (χ3n) is 4.10. The molecular formula is C16H20N2O2. The van der Waals surface area contributed by atoms with Crippen LogP contribution in [0.3, 0.4) is 0 Å². The van der Waals surface area contributed by atoms with Gasteiger partial charge < -0.3 is 14.6 Å². The highest BCUT2D eigenvalue weighted by atomic mass is 16.5. The van der Waals surface area contributed by atoms with Crippen LogP contribution in [0.1, 0.15) is 23.2 Å². The summed E-state index contributed by atoms with van der Waals surface area (Å²) in [6.07, 6.45) is 3.97. The minimum Gasteiger partial charge on any atom is -0.384 e. The first-order valence-corrected chi connectivity index (χ1v) is 7.13. The van der Waals surface area contributed by atoms with Gasteiger partial charge in [-0.2, -0.15) is 0 Å². The van der Waals surface area contributed by atoms with E-state index < -0.39 is 0 Å². The highest BCUT2D eigenvalue weighted by molar-refractivity contribution is 5.98. The number of aromatic amines is 1. The molecule has 0 saturated carbocycles. The Balaban J connectivity index is 1.69. The van der Waals surface area contributed by atoms with Gasteiger partial charge in [-0.15, -0.1) is 0 Å². The second kappa shape index (κ2) is 5.67. The van der Waals surface area contributed by atoms with E-state index in [1.807, 2.05) is 35.4 Å². The number of hydrogen-bond donors (Lipinski definition) is 1. The van der Waals surface area contributed by atoms with Gasteiger partial charge in [-0.25, -0.2) is 0 Å². The van der Waals surface area contributed by atoms with E-state index in [-0.39, 0.29) is 5.91 Å². The highest BCUT2D eigenvalue weighted by Crippen LogP contribution is 2.21. The summed E-state index contributed by atoms with van der Waals surface area (Å²) >= 11 is 0. The van der Waals surface area contributed by atoms with Crippen molar-refractivity contribution in [2.45, 2.75) is 12.8 Å². The molecule has 0 atom stereocenters. The molecule has 0 aliphatic carbocycles. The fourth-order valence-corrected chi connectivity index (χ4v) is 2.91. The molecule has 0 unspecified atom stereocenters. The summed E-state index contributed by atoms with van der Waals surface area (Å²) in [5.74, 6) is 0.736. The van der Waals surface area contributed by atoms with E-state index >= 15 is 0 Å². The number of methoxy groups -OCH3 is 1. The van der Waals surface area contributed by atoms with Crippen molar-refractivity contribution in [2.75, 3.05) is 26.8 Å². The number of nitrogens with zero attached hydrogens (tertiary/aromatic N) is 1. The number of hydrogen-bond acceptors (Lipinski definition) is 2. The van der Waals surface area contributed by atoms with Crippen LogP contribution in [0.2, 0.25) is 0 Å². The number of ether oxygens (including phenoxy) is 1. The Morgan fingerprint density at radius 2 is 2.15 bits per heavy atom. The summed E-state index contributed by atoms with van der Waals surface area (Å²) in [7, 11) is 1.74. The summed E-state index contributed by atoms with van der Waals surface area (Å²) in [5, 5.41) is 1.09. The zero-order valence-electron chi connectivity index (χ0n) is 11.8. The smallest absolute Gasteiger partial charge is 0.253 e. The van der Waals surface area contributed by atoms with E-state index in [9.17, 15) is 4.79 Å². The number of carbonyl (C=O) groups is 1. The number of nitrogens with one attached hydrogen (secondary N) is 1. The average molecular weight is 272 g/mol. The normalized spacial score (nSPS) is 16.8. The van der Waals surface area contributed by atoms with Crippen molar-refractivity contribution >= 4 is 16.8 Å². The molecule has 3 rings (SSSR count). The second-order valence-electron chi connectivity index (χ2n) is 5.47. The molecule has 0 spiro atoms. The topological polar surface area (TPSA) is 45.3 Å². The van der Waals surface area contributed by atoms with E-state index in [0.717, 1.165) is 49.0 Å². The van der Waals surface area contributed by atoms with Crippen molar-refractivity contribution in [3.63, 3.8) is 0 Å². The van der Waals surface area contributed by atoms with Crippen LogP contribution in [0.4, 0.5) is 0 Å². The Morgan fingerprint density at radius 1 is 1.35 bits per heavy atom. The molecule has 1 amide bonds. The number of amides is 1. The van der Waals surface area contributed by atoms with Gasteiger partial charge >= 0.3 is 0 Å². The van der Waals surface area contributed by atoms with Gasteiger partial charge in [0.1, 0.15) is 0 Å². The number of likely N-dealkylation sites (tertiary alicyclic amines) is 1. The number of carbonyl (C=O) groups excluding carboxylic acids is 1. The van der Waals surface area contributed by atoms with E-state index in [4.69, 9.17) is 4.74 Å². The van der Waals surface area contributed by atoms with Crippen LogP contribution in [0.5, 0.6) is 0 Å². The molecule has 1 aliphatic rings. The Morgan fingerprint density at radius 3 is 2.90 bits per heavy atom. The number of aromatic nitrogens is 1. The Hall–Kier alpha value is -1.81. The number of fused-ring (bicyclic) bond motifs is 1. The van der Waals surface area contributed by atoms with Crippen LogP contribution in [0.15, 0.2) is 30.5 Å². The summed E-state index contributed by atoms with van der Waals surface area (Å²) in [4.78, 5) is 17.6. The monoisotopic (exact) mass is 272 g/mol. The third kappa shape index (κ3) is 2.56. The fraction of sp³-hybridized carbons (Fsp3) is 0.438. The zero-order valence-corrected chi connectivity index (χ0v) is 11.8. The van der Waals surface area contributed by atoms with Gasteiger partial charge in [-0.1, -0.05) is 0 Å². The summed E-state index contributed by atoms with van der Waals surface area (Å²) in [6, 6.07) is 7.84. The standard InChI is InChI=1S/C16H20N2O2/c1-20-11-12-5-8-18(9-6-12)16(19)14-2-3-15-13(10-14)4-7-17-15/h2-4,7,10,12,17H,5-6,8-9,11H2,1H3. The molecule has 1 aromatic heterocycles. The van der Waals surface area contributed by atoms with Gasteiger partial charge in [0.2, 0.25) is 0 Å². The molecule has 20 heavy (non-hydrogen) atoms. The molecule has 2 heterocycles. The van der Waals surface area contributed by atoms with Crippen LogP contribution >= 0.6 is 0 Å². The van der Waals surface area contributed by atoms with Crippen molar-refractivity contribution in [1.29, 1.82) is 0 Å². The molecule has 1 aromatic carbocycles. The quantitative estimate of drug-likeness (QED) is 0.933. The summed E-state index contributed by atoms with van der Waals surface area (Å²) < 4.78 is 5.19. The highest BCUT2D eigenvalue weighted by Gasteiger charge is 2.23. The largest absolute Gasteiger partial charge is 0.384 e. The first-order chi connectivity index (χ1) is 9.78. The van der Waals surface area contributed by atoms with Crippen molar-refractivity contribution in [2.24, 2.45) is 5.92 Å². The lowest BCUT2D eigenvalue weighted by Gasteiger charge is -2.31. The lowest BCUT2D eigenvalue weighted by Crippen LogP contribution is -2.39. The molecule has 1 saturated heterocycles. The number of benzene rings is 1. The first kappa shape index (κ1) is 13.2. The van der Waals surface area contributed by atoms with E-state index in [2.05, 4.69) is 4.98 Å². The number of piperidine rings is 1. The minimum atomic E-state index is 0.143. The predicted octanol–water partition coefficient (Wildman–Crippen LogP) is 2.67. The lowest BCUT2D eigenvalue weighted by atomic mass is 9.97. The van der Waals surface area contributed by atoms with E-state index in [1.165, 1.54) is 0 Å². The van der Waals surface area contributed by atoms with Gasteiger partial charge in [-0.05, 0) is 43.0 Å². The van der Waals surface area contributed by atoms with Crippen LogP contribution in [-0.2, 0) is 4.74 Å². The van der Waals surface area contributed by atoms with Crippen molar-refractivity contribution in [1.82, 2.24) is 9.88 Å². The maximum absolute atomic E-state index is 12.5. The average Bonchev–Trinajstić information content (AvgIpc) is 2.95. The molecule has 1 aliphatic heterocycles. The first-order valence-electron chi connectivity index (χ1n) is 7.13. The van der Waals surface area contributed by atoms with Crippen LogP contribution in [-0.4, -0.2) is 42.6 Å². The maximum Gasteiger partial charge on any atom is 0.253 e.